The Kier molecular flexibility index (Phi) is 13.1. The molecule has 14 heteroatoms. The number of aryl methyl sites for hydroxylation is 1. The van der Waals surface area contributed by atoms with Crippen LogP contribution in [0, 0.1) is 6.92 Å². The molecule has 0 heterocycles. The van der Waals surface area contributed by atoms with Gasteiger partial charge in [0, 0.05) is 22.5 Å². The molecule has 3 amide bonds. The van der Waals surface area contributed by atoms with Crippen molar-refractivity contribution in [3.63, 3.8) is 0 Å². The second-order valence-corrected chi connectivity index (χ2v) is 15.6. The van der Waals surface area contributed by atoms with Crippen molar-refractivity contribution in [1.29, 1.82) is 0 Å². The van der Waals surface area contributed by atoms with E-state index in [0.717, 1.165) is 16.7 Å². The molecule has 0 aliphatic rings. The van der Waals surface area contributed by atoms with Crippen LogP contribution in [0.15, 0.2) is 158 Å². The Bertz CT molecular complexity index is 3030. The van der Waals surface area contributed by atoms with E-state index in [1.165, 1.54) is 66.7 Å². The molecule has 7 rings (SSSR count). The number of hydrogen-bond acceptors (Lipinski definition) is 8. The SMILES string of the molecule is Cc1cccc(NC(=O)c2ccc(Oc3ccc(C(C)(C)c4ccc(Oc5ccc(C(=O)Nc6cccc(NC(=O)c7ccccc7C(=O)O)c6)c(C(=O)O)c5)cc4)cc3)cc2C(=O)O)c1. The maximum absolute atomic E-state index is 13.3. The van der Waals surface area contributed by atoms with Crippen LogP contribution in [0.2, 0.25) is 0 Å². The van der Waals surface area contributed by atoms with Crippen molar-refractivity contribution in [3.8, 4) is 23.0 Å². The van der Waals surface area contributed by atoms with Gasteiger partial charge >= 0.3 is 17.9 Å². The fourth-order valence-electron chi connectivity index (χ4n) is 7.10. The average Bonchev–Trinajstić information content (AvgIpc) is 3.29. The molecule has 66 heavy (non-hydrogen) atoms. The van der Waals surface area contributed by atoms with Gasteiger partial charge in [0.2, 0.25) is 0 Å². The molecule has 0 unspecified atom stereocenters. The van der Waals surface area contributed by atoms with E-state index in [0.29, 0.717) is 17.2 Å². The van der Waals surface area contributed by atoms with Crippen LogP contribution in [-0.2, 0) is 5.41 Å². The molecule has 0 fully saturated rings. The van der Waals surface area contributed by atoms with E-state index in [9.17, 15) is 44.1 Å². The second-order valence-electron chi connectivity index (χ2n) is 15.6. The van der Waals surface area contributed by atoms with Crippen molar-refractivity contribution in [2.24, 2.45) is 0 Å². The van der Waals surface area contributed by atoms with Gasteiger partial charge in [-0.3, -0.25) is 14.4 Å². The van der Waals surface area contributed by atoms with Crippen molar-refractivity contribution >= 4 is 52.7 Å². The summed E-state index contributed by atoms with van der Waals surface area (Å²) in [6, 6.07) is 41.9. The lowest BCUT2D eigenvalue weighted by Gasteiger charge is -2.26. The van der Waals surface area contributed by atoms with Crippen LogP contribution in [-0.4, -0.2) is 50.9 Å². The van der Waals surface area contributed by atoms with Crippen LogP contribution in [0.1, 0.15) is 92.7 Å². The Morgan fingerprint density at radius 2 is 0.758 bits per heavy atom. The number of amides is 3. The van der Waals surface area contributed by atoms with Gasteiger partial charge in [-0.2, -0.15) is 0 Å². The summed E-state index contributed by atoms with van der Waals surface area (Å²) in [7, 11) is 0. The number of carboxylic acid groups (broad SMARTS) is 3. The molecule has 0 aliphatic heterocycles. The smallest absolute Gasteiger partial charge is 0.336 e. The molecule has 0 saturated heterocycles. The largest absolute Gasteiger partial charge is 0.478 e. The van der Waals surface area contributed by atoms with Crippen molar-refractivity contribution in [1.82, 2.24) is 0 Å². The third-order valence-electron chi connectivity index (χ3n) is 10.6. The quantitative estimate of drug-likeness (QED) is 0.0569. The van der Waals surface area contributed by atoms with Gasteiger partial charge in [-0.1, -0.05) is 68.4 Å². The number of carbonyl (C=O) groups is 6. The van der Waals surface area contributed by atoms with Gasteiger partial charge in [0.25, 0.3) is 17.7 Å². The molecule has 0 radical (unpaired) electrons. The maximum Gasteiger partial charge on any atom is 0.336 e. The zero-order valence-corrected chi connectivity index (χ0v) is 35.6. The maximum atomic E-state index is 13.3. The topological polar surface area (TPSA) is 218 Å². The Morgan fingerprint density at radius 3 is 1.17 bits per heavy atom. The van der Waals surface area contributed by atoms with Crippen molar-refractivity contribution in [3.05, 3.63) is 208 Å². The standard InChI is InChI=1S/C52H41N3O11/c1-30-8-6-9-33(26-30)53-47(57)41-24-22-38(28-44(41)50(61)62)65-36-18-14-31(15-19-36)52(2,3)32-16-20-37(21-17-32)66-39-23-25-42(45(29-39)51(63)64)48(58)55-35-11-7-10-34(27-35)54-46(56)40-12-4-5-13-43(40)49(59)60/h4-29H,1-3H3,(H,53,57)(H,54,56)(H,55,58)(H,59,60)(H,61,62)(H,63,64). The number of carboxylic acids is 3. The highest BCUT2D eigenvalue weighted by Crippen LogP contribution is 2.35. The number of nitrogens with one attached hydrogen (secondary N) is 3. The lowest BCUT2D eigenvalue weighted by atomic mass is 9.78. The Labute approximate surface area is 378 Å². The first-order valence-electron chi connectivity index (χ1n) is 20.3. The molecule has 0 bridgehead atoms. The van der Waals surface area contributed by atoms with Gasteiger partial charge in [0.15, 0.2) is 0 Å². The molecule has 0 aromatic heterocycles. The fourth-order valence-corrected chi connectivity index (χ4v) is 7.10. The first kappa shape index (κ1) is 45.0. The minimum absolute atomic E-state index is 0.00988. The van der Waals surface area contributed by atoms with E-state index in [2.05, 4.69) is 16.0 Å². The summed E-state index contributed by atoms with van der Waals surface area (Å²) in [6.45, 7) is 5.96. The fraction of sp³-hybridized carbons (Fsp3) is 0.0769. The first-order chi connectivity index (χ1) is 31.5. The van der Waals surface area contributed by atoms with Gasteiger partial charge in [0.1, 0.15) is 23.0 Å². The minimum atomic E-state index is -1.36. The van der Waals surface area contributed by atoms with Gasteiger partial charge in [0.05, 0.1) is 33.4 Å². The van der Waals surface area contributed by atoms with E-state index < -0.39 is 41.0 Å². The third-order valence-corrected chi connectivity index (χ3v) is 10.6. The average molecular weight is 884 g/mol. The monoisotopic (exact) mass is 883 g/mol. The number of carbonyl (C=O) groups excluding carboxylic acids is 3. The molecular formula is C52H41N3O11. The highest BCUT2D eigenvalue weighted by Gasteiger charge is 2.25. The second kappa shape index (κ2) is 19.1. The number of anilines is 3. The van der Waals surface area contributed by atoms with Crippen LogP contribution in [0.25, 0.3) is 0 Å². The molecule has 0 aliphatic carbocycles. The molecular weight excluding hydrogens is 843 g/mol. The number of hydrogen-bond donors (Lipinski definition) is 6. The van der Waals surface area contributed by atoms with Crippen molar-refractivity contribution in [2.75, 3.05) is 16.0 Å². The molecule has 330 valence electrons. The zero-order chi connectivity index (χ0) is 47.1. The van der Waals surface area contributed by atoms with E-state index >= 15 is 0 Å². The lowest BCUT2D eigenvalue weighted by Crippen LogP contribution is -2.18. The predicted molar refractivity (Wildman–Crippen MR) is 247 cm³/mol. The molecule has 14 nitrogen and oxygen atoms in total. The van der Waals surface area contributed by atoms with Gasteiger partial charge in [-0.05, 0) is 127 Å². The van der Waals surface area contributed by atoms with Crippen LogP contribution in [0.4, 0.5) is 17.1 Å². The van der Waals surface area contributed by atoms with Gasteiger partial charge in [-0.25, -0.2) is 14.4 Å². The van der Waals surface area contributed by atoms with E-state index in [1.54, 1.807) is 60.7 Å². The molecule has 0 saturated carbocycles. The lowest BCUT2D eigenvalue weighted by molar-refractivity contribution is 0.0683. The van der Waals surface area contributed by atoms with Crippen molar-refractivity contribution in [2.45, 2.75) is 26.2 Å². The minimum Gasteiger partial charge on any atom is -0.478 e. The zero-order valence-electron chi connectivity index (χ0n) is 35.6. The van der Waals surface area contributed by atoms with Crippen LogP contribution in [0.3, 0.4) is 0 Å². The summed E-state index contributed by atoms with van der Waals surface area (Å²) >= 11 is 0. The van der Waals surface area contributed by atoms with Crippen molar-refractivity contribution < 1.29 is 53.6 Å². The highest BCUT2D eigenvalue weighted by atomic mass is 16.5. The Balaban J connectivity index is 0.984. The number of aromatic carboxylic acids is 3. The van der Waals surface area contributed by atoms with Gasteiger partial charge < -0.3 is 40.7 Å². The number of benzene rings is 7. The number of ether oxygens (including phenoxy) is 2. The van der Waals surface area contributed by atoms with Crippen LogP contribution < -0.4 is 25.4 Å². The summed E-state index contributed by atoms with van der Waals surface area (Å²) < 4.78 is 12.0. The Morgan fingerprint density at radius 1 is 0.394 bits per heavy atom. The van der Waals surface area contributed by atoms with E-state index in [1.807, 2.05) is 51.1 Å². The molecule has 6 N–H and O–H groups in total. The summed E-state index contributed by atoms with van der Waals surface area (Å²) in [5.41, 5.74) is 2.47. The Hall–Kier alpha value is -9.04. The van der Waals surface area contributed by atoms with E-state index in [-0.39, 0.29) is 56.3 Å². The van der Waals surface area contributed by atoms with Gasteiger partial charge in [-0.15, -0.1) is 0 Å². The third kappa shape index (κ3) is 10.4. The highest BCUT2D eigenvalue weighted by molar-refractivity contribution is 6.13. The summed E-state index contributed by atoms with van der Waals surface area (Å²) in [5.74, 6) is -4.57. The molecule has 7 aromatic carbocycles. The number of rotatable bonds is 15. The van der Waals surface area contributed by atoms with E-state index in [4.69, 9.17) is 9.47 Å². The predicted octanol–water partition coefficient (Wildman–Crippen LogP) is 10.8. The molecule has 7 aromatic rings. The molecule has 0 spiro atoms. The van der Waals surface area contributed by atoms with Crippen LogP contribution >= 0.6 is 0 Å². The van der Waals surface area contributed by atoms with Crippen LogP contribution in [0.5, 0.6) is 23.0 Å². The summed E-state index contributed by atoms with van der Waals surface area (Å²) in [6.07, 6.45) is 0. The summed E-state index contributed by atoms with van der Waals surface area (Å²) in [4.78, 5) is 75.3. The first-order valence-corrected chi connectivity index (χ1v) is 20.3. The summed E-state index contributed by atoms with van der Waals surface area (Å²) in [5, 5.41) is 37.4. The normalized spacial score (nSPS) is 10.9. The molecule has 0 atom stereocenters.